The van der Waals surface area contributed by atoms with Crippen molar-refractivity contribution < 1.29 is 9.90 Å². The van der Waals surface area contributed by atoms with Gasteiger partial charge in [-0.1, -0.05) is 6.07 Å². The molecule has 1 fully saturated rings. The van der Waals surface area contributed by atoms with Gasteiger partial charge in [0.1, 0.15) is 6.10 Å². The predicted molar refractivity (Wildman–Crippen MR) is 67.9 cm³/mol. The summed E-state index contributed by atoms with van der Waals surface area (Å²) in [5.74, 6) is 0.210. The van der Waals surface area contributed by atoms with Crippen molar-refractivity contribution in [3.63, 3.8) is 0 Å². The number of hydrogen-bond donors (Lipinski definition) is 2. The highest BCUT2D eigenvalue weighted by Crippen LogP contribution is 2.18. The number of piperidine rings is 1. The third-order valence-electron chi connectivity index (χ3n) is 3.10. The second-order valence-electron chi connectivity index (χ2n) is 4.45. The van der Waals surface area contributed by atoms with Crippen molar-refractivity contribution >= 4 is 17.2 Å². The molecule has 1 aliphatic heterocycles. The van der Waals surface area contributed by atoms with Crippen molar-refractivity contribution in [3.05, 3.63) is 22.4 Å². The van der Waals surface area contributed by atoms with E-state index in [-0.39, 0.29) is 5.91 Å². The Morgan fingerprint density at radius 3 is 3.18 bits per heavy atom. The molecule has 0 aliphatic carbocycles. The number of likely N-dealkylation sites (tertiary alicyclic amines) is 1. The fourth-order valence-corrected chi connectivity index (χ4v) is 2.75. The fourth-order valence-electron chi connectivity index (χ4n) is 2.04. The minimum Gasteiger partial charge on any atom is -0.386 e. The number of rotatable bonds is 4. The maximum absolute atomic E-state index is 11.3. The van der Waals surface area contributed by atoms with Gasteiger partial charge in [0, 0.05) is 37.5 Å². The Labute approximate surface area is 105 Å². The summed E-state index contributed by atoms with van der Waals surface area (Å²) in [5.41, 5.74) is 0. The van der Waals surface area contributed by atoms with E-state index in [2.05, 4.69) is 5.32 Å². The van der Waals surface area contributed by atoms with E-state index in [1.165, 1.54) is 0 Å². The Bertz CT molecular complexity index is 367. The SMILES string of the molecule is CN1CC(NCC(O)c2cccs2)CCC1=O. The first-order valence-corrected chi connectivity index (χ1v) is 6.73. The van der Waals surface area contributed by atoms with Gasteiger partial charge in [0.2, 0.25) is 5.91 Å². The van der Waals surface area contributed by atoms with Gasteiger partial charge in [0.25, 0.3) is 0 Å². The van der Waals surface area contributed by atoms with Crippen molar-refractivity contribution in [2.45, 2.75) is 25.0 Å². The topological polar surface area (TPSA) is 52.6 Å². The lowest BCUT2D eigenvalue weighted by Gasteiger charge is -2.30. The first kappa shape index (κ1) is 12.5. The number of hydrogen-bond acceptors (Lipinski definition) is 4. The monoisotopic (exact) mass is 254 g/mol. The molecule has 94 valence electrons. The summed E-state index contributed by atoms with van der Waals surface area (Å²) in [6.07, 6.45) is 1.02. The minimum absolute atomic E-state index is 0.210. The zero-order valence-corrected chi connectivity index (χ0v) is 10.7. The summed E-state index contributed by atoms with van der Waals surface area (Å²) in [4.78, 5) is 14.0. The van der Waals surface area contributed by atoms with Gasteiger partial charge in [-0.05, 0) is 17.9 Å². The molecule has 1 saturated heterocycles. The maximum Gasteiger partial charge on any atom is 0.222 e. The van der Waals surface area contributed by atoms with Crippen LogP contribution in [0, 0.1) is 0 Å². The molecule has 2 heterocycles. The lowest BCUT2D eigenvalue weighted by atomic mass is 10.1. The molecule has 0 aromatic carbocycles. The molecule has 0 bridgehead atoms. The van der Waals surface area contributed by atoms with Crippen LogP contribution in [0.3, 0.4) is 0 Å². The molecule has 2 rings (SSSR count). The van der Waals surface area contributed by atoms with E-state index in [0.717, 1.165) is 17.8 Å². The molecule has 5 heteroatoms. The summed E-state index contributed by atoms with van der Waals surface area (Å²) >= 11 is 1.56. The number of carbonyl (C=O) groups is 1. The number of aliphatic hydroxyl groups excluding tert-OH is 1. The van der Waals surface area contributed by atoms with E-state index in [0.29, 0.717) is 19.0 Å². The Morgan fingerprint density at radius 2 is 2.53 bits per heavy atom. The average molecular weight is 254 g/mol. The quantitative estimate of drug-likeness (QED) is 0.842. The summed E-state index contributed by atoms with van der Waals surface area (Å²) < 4.78 is 0. The lowest BCUT2D eigenvalue weighted by molar-refractivity contribution is -0.132. The summed E-state index contributed by atoms with van der Waals surface area (Å²) in [5, 5.41) is 15.2. The number of nitrogens with zero attached hydrogens (tertiary/aromatic N) is 1. The Kier molecular flexibility index (Phi) is 4.15. The smallest absolute Gasteiger partial charge is 0.222 e. The Morgan fingerprint density at radius 1 is 1.71 bits per heavy atom. The van der Waals surface area contributed by atoms with Crippen LogP contribution < -0.4 is 5.32 Å². The van der Waals surface area contributed by atoms with E-state index in [1.807, 2.05) is 24.6 Å². The number of nitrogens with one attached hydrogen (secondary N) is 1. The highest BCUT2D eigenvalue weighted by molar-refractivity contribution is 7.10. The van der Waals surface area contributed by atoms with E-state index >= 15 is 0 Å². The molecule has 1 aliphatic rings. The molecular weight excluding hydrogens is 236 g/mol. The third-order valence-corrected chi connectivity index (χ3v) is 4.07. The normalized spacial score (nSPS) is 22.8. The first-order valence-electron chi connectivity index (χ1n) is 5.85. The van der Waals surface area contributed by atoms with Gasteiger partial charge in [-0.3, -0.25) is 4.79 Å². The van der Waals surface area contributed by atoms with Crippen LogP contribution in [0.1, 0.15) is 23.8 Å². The Hall–Kier alpha value is -0.910. The lowest BCUT2D eigenvalue weighted by Crippen LogP contribution is -2.47. The minimum atomic E-state index is -0.446. The number of likely N-dealkylation sites (N-methyl/N-ethyl adjacent to an activating group) is 1. The van der Waals surface area contributed by atoms with Gasteiger partial charge in [-0.2, -0.15) is 0 Å². The molecular formula is C12H18N2O2S. The predicted octanol–water partition coefficient (Wildman–Crippen LogP) is 0.992. The molecule has 2 atom stereocenters. The van der Waals surface area contributed by atoms with Crippen molar-refractivity contribution in [2.24, 2.45) is 0 Å². The van der Waals surface area contributed by atoms with Crippen molar-refractivity contribution in [3.8, 4) is 0 Å². The highest BCUT2D eigenvalue weighted by Gasteiger charge is 2.23. The van der Waals surface area contributed by atoms with E-state index < -0.39 is 6.10 Å². The standard InChI is InChI=1S/C12H18N2O2S/c1-14-8-9(4-5-12(14)16)13-7-10(15)11-3-2-6-17-11/h2-3,6,9-10,13,15H,4-5,7-8H2,1H3. The van der Waals surface area contributed by atoms with Crippen LogP contribution in [0.15, 0.2) is 17.5 Å². The van der Waals surface area contributed by atoms with Crippen LogP contribution in [0.2, 0.25) is 0 Å². The zero-order chi connectivity index (χ0) is 12.3. The first-order chi connectivity index (χ1) is 8.16. The van der Waals surface area contributed by atoms with Crippen LogP contribution >= 0.6 is 11.3 Å². The number of thiophene rings is 1. The number of amides is 1. The van der Waals surface area contributed by atoms with Crippen molar-refractivity contribution in [1.29, 1.82) is 0 Å². The van der Waals surface area contributed by atoms with Gasteiger partial charge < -0.3 is 15.3 Å². The van der Waals surface area contributed by atoms with Crippen LogP contribution in [-0.2, 0) is 4.79 Å². The molecule has 1 amide bonds. The number of carbonyl (C=O) groups excluding carboxylic acids is 1. The summed E-state index contributed by atoms with van der Waals surface area (Å²) in [6.45, 7) is 1.28. The molecule has 0 spiro atoms. The van der Waals surface area contributed by atoms with Gasteiger partial charge in [0.15, 0.2) is 0 Å². The third kappa shape index (κ3) is 3.28. The van der Waals surface area contributed by atoms with E-state index in [4.69, 9.17) is 0 Å². The second kappa shape index (κ2) is 5.62. The fraction of sp³-hybridized carbons (Fsp3) is 0.583. The second-order valence-corrected chi connectivity index (χ2v) is 5.43. The molecule has 0 radical (unpaired) electrons. The van der Waals surface area contributed by atoms with Crippen LogP contribution in [0.5, 0.6) is 0 Å². The van der Waals surface area contributed by atoms with Crippen LogP contribution in [0.25, 0.3) is 0 Å². The van der Waals surface area contributed by atoms with Crippen LogP contribution in [-0.4, -0.2) is 42.1 Å². The van der Waals surface area contributed by atoms with Crippen molar-refractivity contribution in [2.75, 3.05) is 20.1 Å². The molecule has 1 aromatic rings. The summed E-state index contributed by atoms with van der Waals surface area (Å²) in [6, 6.07) is 4.18. The largest absolute Gasteiger partial charge is 0.386 e. The highest BCUT2D eigenvalue weighted by atomic mass is 32.1. The van der Waals surface area contributed by atoms with Crippen LogP contribution in [0.4, 0.5) is 0 Å². The molecule has 2 unspecified atom stereocenters. The van der Waals surface area contributed by atoms with E-state index in [1.54, 1.807) is 16.2 Å². The summed E-state index contributed by atoms with van der Waals surface area (Å²) in [7, 11) is 1.83. The zero-order valence-electron chi connectivity index (χ0n) is 9.93. The van der Waals surface area contributed by atoms with Gasteiger partial charge in [0.05, 0.1) is 0 Å². The van der Waals surface area contributed by atoms with Gasteiger partial charge in [-0.15, -0.1) is 11.3 Å². The number of aliphatic hydroxyl groups is 1. The molecule has 0 saturated carbocycles. The van der Waals surface area contributed by atoms with E-state index in [9.17, 15) is 9.90 Å². The Balaban J connectivity index is 1.77. The molecule has 4 nitrogen and oxygen atoms in total. The maximum atomic E-state index is 11.3. The molecule has 17 heavy (non-hydrogen) atoms. The molecule has 1 aromatic heterocycles. The molecule has 2 N–H and O–H groups in total. The van der Waals surface area contributed by atoms with Gasteiger partial charge in [-0.25, -0.2) is 0 Å². The van der Waals surface area contributed by atoms with Gasteiger partial charge >= 0.3 is 0 Å². The average Bonchev–Trinajstić information content (AvgIpc) is 2.84. The van der Waals surface area contributed by atoms with Crippen molar-refractivity contribution in [1.82, 2.24) is 10.2 Å².